The fraction of sp³-hybridized carbons (Fsp3) is 0.381. The lowest BCUT2D eigenvalue weighted by atomic mass is 9.96. The smallest absolute Gasteiger partial charge is 0.253 e. The first-order valence-corrected chi connectivity index (χ1v) is 9.64. The fourth-order valence-corrected chi connectivity index (χ4v) is 3.94. The van der Waals surface area contributed by atoms with Gasteiger partial charge in [0, 0.05) is 54.6 Å². The van der Waals surface area contributed by atoms with Crippen molar-refractivity contribution < 1.29 is 4.79 Å². The maximum Gasteiger partial charge on any atom is 0.253 e. The minimum atomic E-state index is 0.0932. The van der Waals surface area contributed by atoms with E-state index < -0.39 is 0 Å². The van der Waals surface area contributed by atoms with E-state index in [0.717, 1.165) is 56.7 Å². The zero-order valence-electron chi connectivity index (χ0n) is 15.1. The van der Waals surface area contributed by atoms with Gasteiger partial charge in [0.1, 0.15) is 0 Å². The Kier molecular flexibility index (Phi) is 4.88. The summed E-state index contributed by atoms with van der Waals surface area (Å²) >= 11 is 6.48. The van der Waals surface area contributed by atoms with Crippen LogP contribution in [0.25, 0.3) is 11.1 Å². The second-order valence-electron chi connectivity index (χ2n) is 7.19. The van der Waals surface area contributed by atoms with E-state index in [1.165, 1.54) is 11.3 Å². The van der Waals surface area contributed by atoms with Gasteiger partial charge >= 0.3 is 0 Å². The molecule has 2 aromatic rings. The van der Waals surface area contributed by atoms with Crippen LogP contribution < -0.4 is 5.32 Å². The first-order valence-electron chi connectivity index (χ1n) is 9.26. The van der Waals surface area contributed by atoms with E-state index >= 15 is 0 Å². The normalized spacial score (nSPS) is 17.5. The highest BCUT2D eigenvalue weighted by Crippen LogP contribution is 2.33. The summed E-state index contributed by atoms with van der Waals surface area (Å²) in [5.41, 5.74) is 5.25. The predicted molar refractivity (Wildman–Crippen MR) is 107 cm³/mol. The highest BCUT2D eigenvalue weighted by molar-refractivity contribution is 6.33. The number of piperazine rings is 1. The average molecular weight is 370 g/mol. The van der Waals surface area contributed by atoms with Crippen molar-refractivity contribution in [3.8, 4) is 11.1 Å². The minimum Gasteiger partial charge on any atom is -0.385 e. The molecule has 1 amide bonds. The van der Waals surface area contributed by atoms with Gasteiger partial charge in [-0.05, 0) is 61.3 Å². The van der Waals surface area contributed by atoms with Crippen molar-refractivity contribution in [2.24, 2.45) is 0 Å². The minimum absolute atomic E-state index is 0.0932. The number of carbonyl (C=O) groups excluding carboxylic acids is 1. The topological polar surface area (TPSA) is 35.6 Å². The second kappa shape index (κ2) is 7.29. The van der Waals surface area contributed by atoms with Gasteiger partial charge in [0.25, 0.3) is 5.91 Å². The number of rotatable bonds is 2. The predicted octanol–water partition coefficient (Wildman–Crippen LogP) is 3.75. The van der Waals surface area contributed by atoms with E-state index in [1.807, 2.05) is 23.1 Å². The van der Waals surface area contributed by atoms with E-state index in [9.17, 15) is 4.79 Å². The molecule has 5 heteroatoms. The molecule has 2 aromatic carbocycles. The molecule has 2 aliphatic rings. The molecule has 0 aromatic heterocycles. The SMILES string of the molecule is CN1CCN(C(=O)c2ccc(Cl)c(-c3ccc4c(c3)CCCN4)c2)CC1. The summed E-state index contributed by atoms with van der Waals surface area (Å²) in [6, 6.07) is 12.0. The van der Waals surface area contributed by atoms with E-state index in [4.69, 9.17) is 11.6 Å². The van der Waals surface area contributed by atoms with E-state index in [-0.39, 0.29) is 5.91 Å². The van der Waals surface area contributed by atoms with Gasteiger partial charge in [0.05, 0.1) is 0 Å². The number of nitrogens with one attached hydrogen (secondary N) is 1. The molecule has 0 saturated carbocycles. The molecule has 0 radical (unpaired) electrons. The van der Waals surface area contributed by atoms with E-state index in [0.29, 0.717) is 10.6 Å². The quantitative estimate of drug-likeness (QED) is 0.875. The molecule has 1 fully saturated rings. The number of fused-ring (bicyclic) bond motifs is 1. The first-order chi connectivity index (χ1) is 12.6. The molecular formula is C21H24ClN3O. The lowest BCUT2D eigenvalue weighted by Gasteiger charge is -2.32. The van der Waals surface area contributed by atoms with Crippen LogP contribution in [-0.4, -0.2) is 55.5 Å². The molecule has 1 N–H and O–H groups in total. The first kappa shape index (κ1) is 17.4. The maximum atomic E-state index is 12.9. The molecule has 0 bridgehead atoms. The van der Waals surface area contributed by atoms with E-state index in [2.05, 4.69) is 35.5 Å². The van der Waals surface area contributed by atoms with Crippen molar-refractivity contribution in [2.75, 3.05) is 45.1 Å². The number of benzene rings is 2. The van der Waals surface area contributed by atoms with Crippen LogP contribution in [0.5, 0.6) is 0 Å². The number of nitrogens with zero attached hydrogens (tertiary/aromatic N) is 2. The standard InChI is InChI=1S/C21H24ClN3O/c1-24-9-11-25(12-10-24)21(26)17-4-6-19(22)18(14-17)15-5-7-20-16(13-15)3-2-8-23-20/h4-7,13-14,23H,2-3,8-12H2,1H3. The number of aryl methyl sites for hydroxylation is 1. The molecule has 2 aliphatic heterocycles. The Morgan fingerprint density at radius 1 is 1.08 bits per heavy atom. The number of likely N-dealkylation sites (N-methyl/N-ethyl adjacent to an activating group) is 1. The third-order valence-corrected chi connectivity index (χ3v) is 5.69. The van der Waals surface area contributed by atoms with Gasteiger partial charge in [-0.25, -0.2) is 0 Å². The van der Waals surface area contributed by atoms with Gasteiger partial charge < -0.3 is 15.1 Å². The molecule has 136 valence electrons. The molecule has 26 heavy (non-hydrogen) atoms. The molecule has 4 nitrogen and oxygen atoms in total. The van der Waals surface area contributed by atoms with E-state index in [1.54, 1.807) is 0 Å². The molecular weight excluding hydrogens is 346 g/mol. The molecule has 0 atom stereocenters. The molecule has 0 spiro atoms. The van der Waals surface area contributed by atoms with Crippen LogP contribution in [0.4, 0.5) is 5.69 Å². The maximum absolute atomic E-state index is 12.9. The second-order valence-corrected chi connectivity index (χ2v) is 7.60. The molecule has 1 saturated heterocycles. The Labute approximate surface area is 159 Å². The summed E-state index contributed by atoms with van der Waals surface area (Å²) in [5.74, 6) is 0.0932. The van der Waals surface area contributed by atoms with Crippen molar-refractivity contribution in [1.82, 2.24) is 9.80 Å². The Balaban J connectivity index is 1.63. The highest BCUT2D eigenvalue weighted by Gasteiger charge is 2.21. The Bertz CT molecular complexity index is 828. The van der Waals surface area contributed by atoms with Crippen LogP contribution in [0.1, 0.15) is 22.3 Å². The lowest BCUT2D eigenvalue weighted by Crippen LogP contribution is -2.47. The summed E-state index contributed by atoms with van der Waals surface area (Å²) in [5, 5.41) is 4.12. The van der Waals surface area contributed by atoms with Crippen LogP contribution in [0.3, 0.4) is 0 Å². The van der Waals surface area contributed by atoms with Crippen molar-refractivity contribution >= 4 is 23.2 Å². The van der Waals surface area contributed by atoms with Crippen LogP contribution in [-0.2, 0) is 6.42 Å². The molecule has 0 unspecified atom stereocenters. The van der Waals surface area contributed by atoms with Gasteiger partial charge in [-0.15, -0.1) is 0 Å². The van der Waals surface area contributed by atoms with Gasteiger partial charge in [0.15, 0.2) is 0 Å². The van der Waals surface area contributed by atoms with Gasteiger partial charge in [-0.2, -0.15) is 0 Å². The number of carbonyl (C=O) groups is 1. The van der Waals surface area contributed by atoms with Crippen molar-refractivity contribution in [1.29, 1.82) is 0 Å². The summed E-state index contributed by atoms with van der Waals surface area (Å²) in [6.45, 7) is 4.42. The van der Waals surface area contributed by atoms with Crippen LogP contribution in [0.15, 0.2) is 36.4 Å². The van der Waals surface area contributed by atoms with Gasteiger partial charge in [-0.3, -0.25) is 4.79 Å². The van der Waals surface area contributed by atoms with Crippen LogP contribution in [0.2, 0.25) is 5.02 Å². The zero-order chi connectivity index (χ0) is 18.1. The van der Waals surface area contributed by atoms with Crippen molar-refractivity contribution in [2.45, 2.75) is 12.8 Å². The summed E-state index contributed by atoms with van der Waals surface area (Å²) in [7, 11) is 2.09. The fourth-order valence-electron chi connectivity index (χ4n) is 3.71. The van der Waals surface area contributed by atoms with Gasteiger partial charge in [0.2, 0.25) is 0 Å². The monoisotopic (exact) mass is 369 g/mol. The zero-order valence-corrected chi connectivity index (χ0v) is 15.9. The highest BCUT2D eigenvalue weighted by atomic mass is 35.5. The number of hydrogen-bond acceptors (Lipinski definition) is 3. The number of amides is 1. The molecule has 0 aliphatic carbocycles. The number of halogens is 1. The third-order valence-electron chi connectivity index (χ3n) is 5.36. The third kappa shape index (κ3) is 3.44. The molecule has 4 rings (SSSR count). The number of hydrogen-bond donors (Lipinski definition) is 1. The Morgan fingerprint density at radius 2 is 1.88 bits per heavy atom. The van der Waals surface area contributed by atoms with Crippen LogP contribution in [0, 0.1) is 0 Å². The average Bonchev–Trinajstić information content (AvgIpc) is 2.68. The number of anilines is 1. The largest absolute Gasteiger partial charge is 0.385 e. The summed E-state index contributed by atoms with van der Waals surface area (Å²) < 4.78 is 0. The Morgan fingerprint density at radius 3 is 2.69 bits per heavy atom. The van der Waals surface area contributed by atoms with Crippen LogP contribution >= 0.6 is 11.6 Å². The van der Waals surface area contributed by atoms with Crippen molar-refractivity contribution in [3.63, 3.8) is 0 Å². The Hall–Kier alpha value is -2.04. The van der Waals surface area contributed by atoms with Crippen molar-refractivity contribution in [3.05, 3.63) is 52.5 Å². The molecule has 2 heterocycles. The lowest BCUT2D eigenvalue weighted by molar-refractivity contribution is 0.0664. The summed E-state index contributed by atoms with van der Waals surface area (Å²) in [6.07, 6.45) is 2.22. The summed E-state index contributed by atoms with van der Waals surface area (Å²) in [4.78, 5) is 17.1. The van der Waals surface area contributed by atoms with Gasteiger partial charge in [-0.1, -0.05) is 17.7 Å².